The van der Waals surface area contributed by atoms with E-state index >= 15 is 0 Å². The van der Waals surface area contributed by atoms with Crippen molar-refractivity contribution in [3.05, 3.63) is 22.4 Å². The molecule has 0 bridgehead atoms. The molecule has 7 heteroatoms. The molecule has 1 aliphatic rings. The molecule has 0 atom stereocenters. The molecular formula is C16H24BrN3O3. The molecule has 0 aromatic carbocycles. The monoisotopic (exact) mass is 385 g/mol. The number of rotatable bonds is 3. The first-order valence-corrected chi connectivity index (χ1v) is 8.48. The molecular weight excluding hydrogens is 362 g/mol. The Bertz CT molecular complexity index is 554. The summed E-state index contributed by atoms with van der Waals surface area (Å²) < 4.78 is 11.6. The molecule has 128 valence electrons. The third-order valence-corrected chi connectivity index (χ3v) is 3.80. The minimum atomic E-state index is -0.511. The van der Waals surface area contributed by atoms with E-state index in [0.717, 1.165) is 29.1 Å². The lowest BCUT2D eigenvalue weighted by molar-refractivity contribution is 0.0283. The first-order valence-electron chi connectivity index (χ1n) is 7.68. The number of pyridine rings is 1. The minimum Gasteiger partial charge on any atom is -0.444 e. The highest BCUT2D eigenvalue weighted by molar-refractivity contribution is 9.10. The van der Waals surface area contributed by atoms with Crippen LogP contribution in [0.4, 0.5) is 10.5 Å². The number of morpholine rings is 1. The molecule has 23 heavy (non-hydrogen) atoms. The smallest absolute Gasteiger partial charge is 0.410 e. The highest BCUT2D eigenvalue weighted by atomic mass is 79.9. The zero-order valence-corrected chi connectivity index (χ0v) is 15.7. The SMILES string of the molecule is CN(Cc1nc(Br)ccc1N1CCOCC1)C(=O)OC(C)(C)C. The van der Waals surface area contributed by atoms with Gasteiger partial charge in [-0.1, -0.05) is 0 Å². The average molecular weight is 386 g/mol. The number of hydrogen-bond donors (Lipinski definition) is 0. The van der Waals surface area contributed by atoms with Gasteiger partial charge in [0, 0.05) is 20.1 Å². The van der Waals surface area contributed by atoms with Crippen LogP contribution in [0.2, 0.25) is 0 Å². The van der Waals surface area contributed by atoms with Crippen LogP contribution in [-0.2, 0) is 16.0 Å². The van der Waals surface area contributed by atoms with Crippen LogP contribution >= 0.6 is 15.9 Å². The van der Waals surface area contributed by atoms with Gasteiger partial charge >= 0.3 is 6.09 Å². The summed E-state index contributed by atoms with van der Waals surface area (Å²) in [6.07, 6.45) is -0.354. The Balaban J connectivity index is 2.14. The van der Waals surface area contributed by atoms with Gasteiger partial charge in [-0.05, 0) is 48.8 Å². The predicted molar refractivity (Wildman–Crippen MR) is 92.7 cm³/mol. The molecule has 1 aliphatic heterocycles. The first-order chi connectivity index (χ1) is 10.8. The van der Waals surface area contributed by atoms with Crippen molar-refractivity contribution in [3.8, 4) is 0 Å². The van der Waals surface area contributed by atoms with Crippen molar-refractivity contribution in [3.63, 3.8) is 0 Å². The maximum absolute atomic E-state index is 12.2. The fourth-order valence-corrected chi connectivity index (χ4v) is 2.65. The molecule has 1 amide bonds. The summed E-state index contributed by atoms with van der Waals surface area (Å²) in [5.41, 5.74) is 1.37. The summed E-state index contributed by atoms with van der Waals surface area (Å²) in [6, 6.07) is 3.95. The Hall–Kier alpha value is -1.34. The summed E-state index contributed by atoms with van der Waals surface area (Å²) in [4.78, 5) is 20.5. The molecule has 1 fully saturated rings. The van der Waals surface area contributed by atoms with Gasteiger partial charge in [-0.25, -0.2) is 9.78 Å². The number of halogens is 1. The standard InChI is InChI=1S/C16H24BrN3O3/c1-16(2,3)23-15(21)19(4)11-12-13(5-6-14(17)18-12)20-7-9-22-10-8-20/h5-6H,7-11H2,1-4H3. The van der Waals surface area contributed by atoms with E-state index in [2.05, 4.69) is 25.8 Å². The summed E-state index contributed by atoms with van der Waals surface area (Å²) in [6.45, 7) is 9.02. The van der Waals surface area contributed by atoms with E-state index in [-0.39, 0.29) is 6.09 Å². The van der Waals surface area contributed by atoms with Gasteiger partial charge in [0.2, 0.25) is 0 Å². The highest BCUT2D eigenvalue weighted by Crippen LogP contribution is 2.24. The summed E-state index contributed by atoms with van der Waals surface area (Å²) in [5, 5.41) is 0. The zero-order chi connectivity index (χ0) is 17.0. The van der Waals surface area contributed by atoms with E-state index < -0.39 is 5.60 Å². The topological polar surface area (TPSA) is 54.9 Å². The molecule has 1 aromatic rings. The number of carbonyl (C=O) groups is 1. The molecule has 0 saturated carbocycles. The lowest BCUT2D eigenvalue weighted by atomic mass is 10.2. The van der Waals surface area contributed by atoms with E-state index in [1.807, 2.05) is 32.9 Å². The second-order valence-corrected chi connectivity index (χ2v) is 7.35. The molecule has 1 saturated heterocycles. The second kappa shape index (κ2) is 7.49. The Morgan fingerprint density at radius 2 is 2.04 bits per heavy atom. The van der Waals surface area contributed by atoms with Crippen LogP contribution in [0.3, 0.4) is 0 Å². The van der Waals surface area contributed by atoms with Crippen LogP contribution in [0.1, 0.15) is 26.5 Å². The molecule has 0 radical (unpaired) electrons. The van der Waals surface area contributed by atoms with Crippen molar-refractivity contribution in [2.24, 2.45) is 0 Å². The Labute approximate surface area is 145 Å². The van der Waals surface area contributed by atoms with E-state index in [0.29, 0.717) is 19.8 Å². The third kappa shape index (κ3) is 5.35. The molecule has 0 spiro atoms. The third-order valence-electron chi connectivity index (χ3n) is 3.36. The lowest BCUT2D eigenvalue weighted by Gasteiger charge is -2.31. The molecule has 0 unspecified atom stereocenters. The number of carbonyl (C=O) groups excluding carboxylic acids is 1. The summed E-state index contributed by atoms with van der Waals surface area (Å²) in [7, 11) is 1.72. The van der Waals surface area contributed by atoms with E-state index in [9.17, 15) is 4.79 Å². The Morgan fingerprint density at radius 3 is 2.65 bits per heavy atom. The van der Waals surface area contributed by atoms with Gasteiger partial charge < -0.3 is 19.3 Å². The van der Waals surface area contributed by atoms with Crippen molar-refractivity contribution in [1.29, 1.82) is 0 Å². The minimum absolute atomic E-state index is 0.354. The van der Waals surface area contributed by atoms with Gasteiger partial charge in [0.15, 0.2) is 0 Å². The molecule has 0 N–H and O–H groups in total. The Morgan fingerprint density at radius 1 is 1.39 bits per heavy atom. The van der Waals surface area contributed by atoms with E-state index in [1.54, 1.807) is 11.9 Å². The van der Waals surface area contributed by atoms with Crippen LogP contribution in [-0.4, -0.2) is 54.9 Å². The average Bonchev–Trinajstić information content (AvgIpc) is 2.46. The fraction of sp³-hybridized carbons (Fsp3) is 0.625. The van der Waals surface area contributed by atoms with Crippen LogP contribution in [0.25, 0.3) is 0 Å². The van der Waals surface area contributed by atoms with Gasteiger partial charge in [0.05, 0.1) is 31.1 Å². The van der Waals surface area contributed by atoms with E-state index in [4.69, 9.17) is 9.47 Å². The largest absolute Gasteiger partial charge is 0.444 e. The van der Waals surface area contributed by atoms with Gasteiger partial charge in [0.25, 0.3) is 0 Å². The molecule has 1 aromatic heterocycles. The van der Waals surface area contributed by atoms with Gasteiger partial charge in [-0.15, -0.1) is 0 Å². The number of ether oxygens (including phenoxy) is 2. The number of nitrogens with zero attached hydrogens (tertiary/aromatic N) is 3. The predicted octanol–water partition coefficient (Wildman–Crippen LogP) is 3.05. The lowest BCUT2D eigenvalue weighted by Crippen LogP contribution is -2.38. The quantitative estimate of drug-likeness (QED) is 0.748. The normalized spacial score (nSPS) is 15.4. The number of amides is 1. The van der Waals surface area contributed by atoms with Crippen molar-refractivity contribution in [2.45, 2.75) is 32.9 Å². The van der Waals surface area contributed by atoms with Crippen LogP contribution in [0.5, 0.6) is 0 Å². The number of hydrogen-bond acceptors (Lipinski definition) is 5. The van der Waals surface area contributed by atoms with E-state index in [1.165, 1.54) is 0 Å². The van der Waals surface area contributed by atoms with Gasteiger partial charge in [-0.3, -0.25) is 0 Å². The number of aromatic nitrogens is 1. The van der Waals surface area contributed by atoms with Crippen molar-refractivity contribution >= 4 is 27.7 Å². The summed E-state index contributed by atoms with van der Waals surface area (Å²) >= 11 is 3.41. The highest BCUT2D eigenvalue weighted by Gasteiger charge is 2.22. The fourth-order valence-electron chi connectivity index (χ4n) is 2.30. The molecule has 2 heterocycles. The van der Waals surface area contributed by atoms with Crippen LogP contribution in [0, 0.1) is 0 Å². The molecule has 2 rings (SSSR count). The van der Waals surface area contributed by atoms with Crippen LogP contribution < -0.4 is 4.90 Å². The maximum atomic E-state index is 12.2. The summed E-state index contributed by atoms with van der Waals surface area (Å²) in [5.74, 6) is 0. The van der Waals surface area contributed by atoms with Crippen molar-refractivity contribution in [1.82, 2.24) is 9.88 Å². The number of anilines is 1. The van der Waals surface area contributed by atoms with Crippen molar-refractivity contribution in [2.75, 3.05) is 38.3 Å². The Kier molecular flexibility index (Phi) is 5.86. The van der Waals surface area contributed by atoms with Crippen molar-refractivity contribution < 1.29 is 14.3 Å². The molecule has 6 nitrogen and oxygen atoms in total. The second-order valence-electron chi connectivity index (χ2n) is 6.54. The zero-order valence-electron chi connectivity index (χ0n) is 14.1. The maximum Gasteiger partial charge on any atom is 0.410 e. The van der Waals surface area contributed by atoms with Gasteiger partial charge in [0.1, 0.15) is 10.2 Å². The van der Waals surface area contributed by atoms with Crippen LogP contribution in [0.15, 0.2) is 16.7 Å². The molecule has 0 aliphatic carbocycles. The van der Waals surface area contributed by atoms with Gasteiger partial charge in [-0.2, -0.15) is 0 Å². The first kappa shape index (κ1) is 18.0.